The molecule has 0 radical (unpaired) electrons. The Hall–Kier alpha value is -1.26. The van der Waals surface area contributed by atoms with E-state index in [2.05, 4.69) is 0 Å². The van der Waals surface area contributed by atoms with Gasteiger partial charge in [-0.05, 0) is 31.2 Å². The largest absolute Gasteiger partial charge is 0.508 e. The molecule has 1 atom stereocenters. The molecule has 1 aromatic carbocycles. The lowest BCUT2D eigenvalue weighted by Gasteiger charge is -2.16. The molecular formula is C11H14ClNO3. The molecule has 0 fully saturated rings. The third kappa shape index (κ3) is 2.87. The maximum Gasteiger partial charge on any atom is 0.304 e. The summed E-state index contributed by atoms with van der Waals surface area (Å²) < 4.78 is 0. The van der Waals surface area contributed by atoms with Crippen molar-refractivity contribution in [2.24, 2.45) is 5.73 Å². The molecule has 0 aliphatic rings. The van der Waals surface area contributed by atoms with Crippen LogP contribution in [-0.2, 0) is 4.79 Å². The van der Waals surface area contributed by atoms with Crippen LogP contribution >= 0.6 is 11.6 Å². The van der Waals surface area contributed by atoms with Crippen molar-refractivity contribution in [2.45, 2.75) is 19.3 Å². The van der Waals surface area contributed by atoms with Crippen LogP contribution in [0.3, 0.4) is 0 Å². The van der Waals surface area contributed by atoms with Crippen molar-refractivity contribution >= 4 is 17.6 Å². The first-order valence-corrected chi connectivity index (χ1v) is 5.24. The molecule has 0 aliphatic heterocycles. The molecule has 4 N–H and O–H groups in total. The van der Waals surface area contributed by atoms with Crippen LogP contribution in [0, 0.1) is 6.92 Å². The van der Waals surface area contributed by atoms with Crippen molar-refractivity contribution in [1.29, 1.82) is 0 Å². The first-order chi connectivity index (χ1) is 7.45. The van der Waals surface area contributed by atoms with E-state index in [0.29, 0.717) is 10.6 Å². The zero-order chi connectivity index (χ0) is 12.3. The Bertz CT molecular complexity index is 383. The number of phenolic OH excluding ortho intramolecular Hbond substituents is 1. The summed E-state index contributed by atoms with van der Waals surface area (Å²) in [5.74, 6) is -1.43. The summed E-state index contributed by atoms with van der Waals surface area (Å²) in [4.78, 5) is 10.7. The van der Waals surface area contributed by atoms with Gasteiger partial charge in [0, 0.05) is 16.5 Å². The first-order valence-electron chi connectivity index (χ1n) is 4.86. The van der Waals surface area contributed by atoms with Crippen LogP contribution in [0.4, 0.5) is 0 Å². The predicted octanol–water partition coefficient (Wildman–Crippen LogP) is 1.87. The van der Waals surface area contributed by atoms with E-state index in [-0.39, 0.29) is 18.7 Å². The molecule has 0 aromatic heterocycles. The van der Waals surface area contributed by atoms with E-state index >= 15 is 0 Å². The minimum absolute atomic E-state index is 0.00157. The Kier molecular flexibility index (Phi) is 4.15. The maximum atomic E-state index is 10.7. The minimum atomic E-state index is -0.966. The summed E-state index contributed by atoms with van der Waals surface area (Å²) in [6, 6.07) is 3.23. The fourth-order valence-corrected chi connectivity index (χ4v) is 2.08. The predicted molar refractivity (Wildman–Crippen MR) is 61.9 cm³/mol. The van der Waals surface area contributed by atoms with Crippen LogP contribution < -0.4 is 5.73 Å². The number of carbonyl (C=O) groups is 1. The van der Waals surface area contributed by atoms with Gasteiger partial charge in [0.25, 0.3) is 0 Å². The van der Waals surface area contributed by atoms with E-state index in [0.717, 1.165) is 5.56 Å². The lowest BCUT2D eigenvalue weighted by molar-refractivity contribution is -0.137. The van der Waals surface area contributed by atoms with Gasteiger partial charge < -0.3 is 15.9 Å². The van der Waals surface area contributed by atoms with Gasteiger partial charge in [-0.3, -0.25) is 4.79 Å². The summed E-state index contributed by atoms with van der Waals surface area (Å²) in [5.41, 5.74) is 6.73. The quantitative estimate of drug-likeness (QED) is 0.754. The fraction of sp³-hybridized carbons (Fsp3) is 0.364. The molecule has 0 saturated heterocycles. The molecule has 0 amide bonds. The molecule has 1 unspecified atom stereocenters. The first kappa shape index (κ1) is 12.8. The highest BCUT2D eigenvalue weighted by Crippen LogP contribution is 2.35. The molecule has 4 nitrogen and oxygen atoms in total. The van der Waals surface area contributed by atoms with Gasteiger partial charge in [-0.1, -0.05) is 11.6 Å². The topological polar surface area (TPSA) is 83.5 Å². The van der Waals surface area contributed by atoms with Crippen molar-refractivity contribution in [2.75, 3.05) is 6.54 Å². The Morgan fingerprint density at radius 3 is 2.62 bits per heavy atom. The van der Waals surface area contributed by atoms with E-state index in [1.165, 1.54) is 0 Å². The van der Waals surface area contributed by atoms with E-state index in [4.69, 9.17) is 22.4 Å². The van der Waals surface area contributed by atoms with Gasteiger partial charge in [0.1, 0.15) is 5.75 Å². The Balaban J connectivity index is 3.14. The summed E-state index contributed by atoms with van der Waals surface area (Å²) in [6.07, 6.45) is -0.146. The third-order valence-corrected chi connectivity index (χ3v) is 2.68. The van der Waals surface area contributed by atoms with Crippen molar-refractivity contribution in [1.82, 2.24) is 0 Å². The maximum absolute atomic E-state index is 10.7. The standard InChI is InChI=1S/C11H14ClNO3/c1-6-2-8(12)11(9(14)3-6)7(5-13)4-10(15)16/h2-3,7,14H,4-5,13H2,1H3,(H,15,16). The van der Waals surface area contributed by atoms with Crippen LogP contribution in [0.15, 0.2) is 12.1 Å². The number of hydrogen-bond donors (Lipinski definition) is 3. The number of benzene rings is 1. The summed E-state index contributed by atoms with van der Waals surface area (Å²) >= 11 is 5.98. The second-order valence-electron chi connectivity index (χ2n) is 3.71. The summed E-state index contributed by atoms with van der Waals surface area (Å²) in [7, 11) is 0. The van der Waals surface area contributed by atoms with E-state index in [9.17, 15) is 9.90 Å². The lowest BCUT2D eigenvalue weighted by atomic mass is 9.94. The van der Waals surface area contributed by atoms with Gasteiger partial charge in [-0.2, -0.15) is 0 Å². The van der Waals surface area contributed by atoms with Gasteiger partial charge in [0.2, 0.25) is 0 Å². The van der Waals surface area contributed by atoms with Gasteiger partial charge >= 0.3 is 5.97 Å². The molecular weight excluding hydrogens is 230 g/mol. The Morgan fingerprint density at radius 1 is 1.56 bits per heavy atom. The Labute approximate surface area is 98.6 Å². The van der Waals surface area contributed by atoms with Crippen LogP contribution in [0.25, 0.3) is 0 Å². The molecule has 1 rings (SSSR count). The highest BCUT2D eigenvalue weighted by molar-refractivity contribution is 6.31. The zero-order valence-electron chi connectivity index (χ0n) is 8.90. The van der Waals surface area contributed by atoms with Crippen molar-refractivity contribution in [3.63, 3.8) is 0 Å². The number of phenols is 1. The molecule has 0 saturated carbocycles. The number of aryl methyl sites for hydroxylation is 1. The SMILES string of the molecule is Cc1cc(O)c(C(CN)CC(=O)O)c(Cl)c1. The van der Waals surface area contributed by atoms with Crippen LogP contribution in [-0.4, -0.2) is 22.7 Å². The number of aliphatic carboxylic acids is 1. The monoisotopic (exact) mass is 243 g/mol. The normalized spacial score (nSPS) is 12.4. The molecule has 1 aromatic rings. The molecule has 0 bridgehead atoms. The molecule has 0 aliphatic carbocycles. The molecule has 16 heavy (non-hydrogen) atoms. The van der Waals surface area contributed by atoms with Crippen molar-refractivity contribution in [3.8, 4) is 5.75 Å². The van der Waals surface area contributed by atoms with Crippen molar-refractivity contribution in [3.05, 3.63) is 28.3 Å². The van der Waals surface area contributed by atoms with Crippen LogP contribution in [0.5, 0.6) is 5.75 Å². The number of nitrogens with two attached hydrogens (primary N) is 1. The smallest absolute Gasteiger partial charge is 0.304 e. The summed E-state index contributed by atoms with van der Waals surface area (Å²) in [6.45, 7) is 1.92. The average molecular weight is 244 g/mol. The van der Waals surface area contributed by atoms with E-state index < -0.39 is 11.9 Å². The second kappa shape index (κ2) is 5.18. The molecule has 0 spiro atoms. The second-order valence-corrected chi connectivity index (χ2v) is 4.12. The number of halogens is 1. The lowest BCUT2D eigenvalue weighted by Crippen LogP contribution is -2.17. The van der Waals surface area contributed by atoms with E-state index in [1.807, 2.05) is 0 Å². The van der Waals surface area contributed by atoms with Gasteiger partial charge in [0.05, 0.1) is 6.42 Å². The van der Waals surface area contributed by atoms with Crippen molar-refractivity contribution < 1.29 is 15.0 Å². The molecule has 5 heteroatoms. The highest BCUT2D eigenvalue weighted by atomic mass is 35.5. The number of carboxylic acid groups (broad SMARTS) is 1. The fourth-order valence-electron chi connectivity index (χ4n) is 1.65. The molecule has 88 valence electrons. The number of hydrogen-bond acceptors (Lipinski definition) is 3. The highest BCUT2D eigenvalue weighted by Gasteiger charge is 2.20. The summed E-state index contributed by atoms with van der Waals surface area (Å²) in [5, 5.41) is 18.8. The van der Waals surface area contributed by atoms with Crippen LogP contribution in [0.1, 0.15) is 23.5 Å². The minimum Gasteiger partial charge on any atom is -0.508 e. The average Bonchev–Trinajstić information content (AvgIpc) is 2.13. The zero-order valence-corrected chi connectivity index (χ0v) is 9.66. The van der Waals surface area contributed by atoms with Gasteiger partial charge in [-0.25, -0.2) is 0 Å². The number of aromatic hydroxyl groups is 1. The van der Waals surface area contributed by atoms with Crippen LogP contribution in [0.2, 0.25) is 5.02 Å². The third-order valence-electron chi connectivity index (χ3n) is 2.37. The Morgan fingerprint density at radius 2 is 2.19 bits per heavy atom. The van der Waals surface area contributed by atoms with E-state index in [1.54, 1.807) is 19.1 Å². The van der Waals surface area contributed by atoms with Gasteiger partial charge in [-0.15, -0.1) is 0 Å². The number of rotatable bonds is 4. The molecule has 0 heterocycles. The number of carboxylic acids is 1. The van der Waals surface area contributed by atoms with Gasteiger partial charge in [0.15, 0.2) is 0 Å².